The van der Waals surface area contributed by atoms with E-state index in [2.05, 4.69) is 32.6 Å². The fraction of sp³-hybridized carbons (Fsp3) is 0.571. The highest BCUT2D eigenvalue weighted by Crippen LogP contribution is 2.34. The Labute approximate surface area is 88.4 Å². The van der Waals surface area contributed by atoms with E-state index in [0.717, 1.165) is 5.92 Å². The van der Waals surface area contributed by atoms with Gasteiger partial charge in [0.2, 0.25) is 0 Å². The van der Waals surface area contributed by atoms with E-state index in [9.17, 15) is 0 Å². The Hall–Kier alpha value is -0.780. The molecule has 0 N–H and O–H groups in total. The van der Waals surface area contributed by atoms with Crippen molar-refractivity contribution in [3.8, 4) is 0 Å². The fourth-order valence-corrected chi connectivity index (χ4v) is 2.48. The lowest BCUT2D eigenvalue weighted by molar-refractivity contribution is 0.476. The molecule has 1 unspecified atom stereocenters. The molecule has 0 heterocycles. The lowest BCUT2D eigenvalue weighted by Crippen LogP contribution is -2.10. The fourth-order valence-electron chi connectivity index (χ4n) is 2.48. The zero-order valence-corrected chi connectivity index (χ0v) is 9.55. The molecule has 0 amide bonds. The Kier molecular flexibility index (Phi) is 4.72. The van der Waals surface area contributed by atoms with Crippen LogP contribution in [0.5, 0.6) is 0 Å². The number of hydrogen-bond donors (Lipinski definition) is 0. The summed E-state index contributed by atoms with van der Waals surface area (Å²) in [5, 5.41) is 0. The normalized spacial score (nSPS) is 23.1. The lowest BCUT2D eigenvalue weighted by Gasteiger charge is -2.26. The second kappa shape index (κ2) is 5.85. The Bertz CT molecular complexity index is 243. The predicted octanol–water partition coefficient (Wildman–Crippen LogP) is 4.65. The molecule has 0 aromatic rings. The second-order valence-corrected chi connectivity index (χ2v) is 4.00. The maximum atomic E-state index is 3.73. The van der Waals surface area contributed by atoms with E-state index < -0.39 is 0 Å². The Balaban J connectivity index is 2.88. The van der Waals surface area contributed by atoms with Gasteiger partial charge in [-0.2, -0.15) is 0 Å². The van der Waals surface area contributed by atoms with Gasteiger partial charge in [-0.05, 0) is 43.6 Å². The lowest BCUT2D eigenvalue weighted by atomic mass is 9.80. The minimum atomic E-state index is 0.846. The topological polar surface area (TPSA) is 0 Å². The van der Waals surface area contributed by atoms with Crippen molar-refractivity contribution in [3.05, 3.63) is 36.0 Å². The molecule has 14 heavy (non-hydrogen) atoms. The van der Waals surface area contributed by atoms with E-state index in [0.29, 0.717) is 0 Å². The monoisotopic (exact) mass is 190 g/mol. The highest BCUT2D eigenvalue weighted by atomic mass is 14.2. The van der Waals surface area contributed by atoms with Crippen molar-refractivity contribution in [2.24, 2.45) is 5.92 Å². The molecule has 78 valence electrons. The van der Waals surface area contributed by atoms with E-state index >= 15 is 0 Å². The van der Waals surface area contributed by atoms with Crippen LogP contribution >= 0.6 is 0 Å². The van der Waals surface area contributed by atoms with Gasteiger partial charge in [-0.15, -0.1) is 0 Å². The van der Waals surface area contributed by atoms with Gasteiger partial charge in [-0.1, -0.05) is 44.2 Å². The molecule has 0 bridgehead atoms. The quantitative estimate of drug-likeness (QED) is 0.566. The molecule has 1 rings (SSSR count). The maximum absolute atomic E-state index is 3.73. The smallest absolute Gasteiger partial charge is 0.0200 e. The number of hydrogen-bond acceptors (Lipinski definition) is 0. The van der Waals surface area contributed by atoms with Crippen LogP contribution in [0.4, 0.5) is 0 Å². The largest absolute Gasteiger partial charge is 0.0991 e. The Morgan fingerprint density at radius 2 is 2.21 bits per heavy atom. The summed E-state index contributed by atoms with van der Waals surface area (Å²) < 4.78 is 0. The van der Waals surface area contributed by atoms with Crippen LogP contribution in [0, 0.1) is 5.92 Å². The highest BCUT2D eigenvalue weighted by Gasteiger charge is 2.18. The predicted molar refractivity (Wildman–Crippen MR) is 64.3 cm³/mol. The van der Waals surface area contributed by atoms with Crippen molar-refractivity contribution in [2.45, 2.75) is 46.0 Å². The first-order valence-corrected chi connectivity index (χ1v) is 5.84. The zero-order valence-electron chi connectivity index (χ0n) is 9.55. The van der Waals surface area contributed by atoms with E-state index in [1.807, 2.05) is 6.08 Å². The molecule has 0 nitrogen and oxygen atoms in total. The maximum Gasteiger partial charge on any atom is -0.0200 e. The van der Waals surface area contributed by atoms with Gasteiger partial charge in [0.15, 0.2) is 0 Å². The Morgan fingerprint density at radius 3 is 2.79 bits per heavy atom. The van der Waals surface area contributed by atoms with Crippen molar-refractivity contribution in [2.75, 3.05) is 0 Å². The molecule has 1 aliphatic rings. The molecule has 1 atom stereocenters. The molecule has 0 aliphatic heterocycles. The standard InChI is InChI=1S/C14H22/c1-4-7-9-13-11-8-10-12(5-2)14(13)6-3/h4,7,9,12H,1,5-6,8,10-11H2,2-3H3/b9-7-. The van der Waals surface area contributed by atoms with Gasteiger partial charge < -0.3 is 0 Å². The van der Waals surface area contributed by atoms with Crippen LogP contribution in [0.2, 0.25) is 0 Å². The molecule has 1 aliphatic carbocycles. The molecular formula is C14H22. The zero-order chi connectivity index (χ0) is 10.4. The summed E-state index contributed by atoms with van der Waals surface area (Å²) in [4.78, 5) is 0. The summed E-state index contributed by atoms with van der Waals surface area (Å²) >= 11 is 0. The van der Waals surface area contributed by atoms with Crippen molar-refractivity contribution in [3.63, 3.8) is 0 Å². The first kappa shape index (κ1) is 11.3. The van der Waals surface area contributed by atoms with Crippen LogP contribution in [-0.2, 0) is 0 Å². The van der Waals surface area contributed by atoms with Gasteiger partial charge in [0, 0.05) is 0 Å². The molecule has 0 fully saturated rings. The van der Waals surface area contributed by atoms with Gasteiger partial charge in [0.1, 0.15) is 0 Å². The van der Waals surface area contributed by atoms with Gasteiger partial charge >= 0.3 is 0 Å². The van der Waals surface area contributed by atoms with Gasteiger partial charge in [0.25, 0.3) is 0 Å². The molecular weight excluding hydrogens is 168 g/mol. The summed E-state index contributed by atoms with van der Waals surface area (Å²) in [6, 6.07) is 0. The average Bonchev–Trinajstić information content (AvgIpc) is 2.25. The third-order valence-corrected chi connectivity index (χ3v) is 3.21. The molecule has 0 saturated heterocycles. The minimum Gasteiger partial charge on any atom is -0.0991 e. The van der Waals surface area contributed by atoms with Crippen LogP contribution in [0.3, 0.4) is 0 Å². The van der Waals surface area contributed by atoms with E-state index in [-0.39, 0.29) is 0 Å². The molecule has 0 radical (unpaired) electrons. The third-order valence-electron chi connectivity index (χ3n) is 3.21. The van der Waals surface area contributed by atoms with Crippen molar-refractivity contribution < 1.29 is 0 Å². The van der Waals surface area contributed by atoms with E-state index in [1.165, 1.54) is 32.1 Å². The highest BCUT2D eigenvalue weighted by molar-refractivity contribution is 5.30. The summed E-state index contributed by atoms with van der Waals surface area (Å²) in [6.07, 6.45) is 12.7. The van der Waals surface area contributed by atoms with Crippen molar-refractivity contribution in [1.29, 1.82) is 0 Å². The summed E-state index contributed by atoms with van der Waals surface area (Å²) in [5.41, 5.74) is 3.27. The van der Waals surface area contributed by atoms with Crippen LogP contribution in [0.1, 0.15) is 46.0 Å². The van der Waals surface area contributed by atoms with Gasteiger partial charge in [-0.25, -0.2) is 0 Å². The van der Waals surface area contributed by atoms with Crippen LogP contribution < -0.4 is 0 Å². The first-order chi connectivity index (χ1) is 6.83. The Morgan fingerprint density at radius 1 is 1.43 bits per heavy atom. The third kappa shape index (κ3) is 2.60. The number of allylic oxidation sites excluding steroid dienone is 5. The van der Waals surface area contributed by atoms with E-state index in [4.69, 9.17) is 0 Å². The van der Waals surface area contributed by atoms with E-state index in [1.54, 1.807) is 11.1 Å². The van der Waals surface area contributed by atoms with Crippen LogP contribution in [0.15, 0.2) is 36.0 Å². The minimum absolute atomic E-state index is 0.846. The van der Waals surface area contributed by atoms with Crippen LogP contribution in [-0.4, -0.2) is 0 Å². The average molecular weight is 190 g/mol. The van der Waals surface area contributed by atoms with Crippen LogP contribution in [0.25, 0.3) is 0 Å². The second-order valence-electron chi connectivity index (χ2n) is 4.00. The SMILES string of the molecule is C=C/C=C\C1=C(CC)C(CC)CCC1. The van der Waals surface area contributed by atoms with Crippen molar-refractivity contribution in [1.82, 2.24) is 0 Å². The van der Waals surface area contributed by atoms with Gasteiger partial charge in [-0.3, -0.25) is 0 Å². The van der Waals surface area contributed by atoms with Crippen molar-refractivity contribution >= 4 is 0 Å². The summed E-state index contributed by atoms with van der Waals surface area (Å²) in [5.74, 6) is 0.846. The summed E-state index contributed by atoms with van der Waals surface area (Å²) in [7, 11) is 0. The molecule has 0 saturated carbocycles. The first-order valence-electron chi connectivity index (χ1n) is 5.84. The molecule has 0 spiro atoms. The molecule has 0 heteroatoms. The summed E-state index contributed by atoms with van der Waals surface area (Å²) in [6.45, 7) is 8.31. The van der Waals surface area contributed by atoms with Gasteiger partial charge in [0.05, 0.1) is 0 Å². The number of rotatable bonds is 4. The molecule has 0 aromatic carbocycles. The molecule has 0 aromatic heterocycles.